The van der Waals surface area contributed by atoms with Gasteiger partial charge in [0.15, 0.2) is 0 Å². The van der Waals surface area contributed by atoms with E-state index in [0.29, 0.717) is 51.4 Å². The van der Waals surface area contributed by atoms with Crippen molar-refractivity contribution in [1.29, 1.82) is 0 Å². The number of nitrogens with zero attached hydrogens (tertiary/aromatic N) is 3. The van der Waals surface area contributed by atoms with Gasteiger partial charge in [-0.2, -0.15) is 0 Å². The molecule has 0 spiro atoms. The van der Waals surface area contributed by atoms with Crippen molar-refractivity contribution in [3.63, 3.8) is 0 Å². The van der Waals surface area contributed by atoms with Crippen molar-refractivity contribution >= 4 is 11.8 Å². The highest BCUT2D eigenvalue weighted by molar-refractivity contribution is 5.88. The van der Waals surface area contributed by atoms with Crippen LogP contribution >= 0.6 is 0 Å². The van der Waals surface area contributed by atoms with Crippen molar-refractivity contribution in [3.8, 4) is 5.75 Å². The van der Waals surface area contributed by atoms with Gasteiger partial charge in [0.1, 0.15) is 17.9 Å². The highest BCUT2D eigenvalue weighted by atomic mass is 16.5. The van der Waals surface area contributed by atoms with Crippen LogP contribution < -0.4 is 4.74 Å². The number of likely N-dealkylation sites (tertiary alicyclic amines) is 1. The van der Waals surface area contributed by atoms with Crippen LogP contribution in [0.5, 0.6) is 5.75 Å². The van der Waals surface area contributed by atoms with Gasteiger partial charge in [0.25, 0.3) is 0 Å². The van der Waals surface area contributed by atoms with Gasteiger partial charge < -0.3 is 19.3 Å². The molecule has 4 rings (SSSR count). The number of rotatable bonds is 7. The van der Waals surface area contributed by atoms with E-state index in [-0.39, 0.29) is 17.9 Å². The molecule has 2 atom stereocenters. The van der Waals surface area contributed by atoms with Gasteiger partial charge in [0.05, 0.1) is 26.0 Å². The van der Waals surface area contributed by atoms with Crippen LogP contribution in [0.25, 0.3) is 0 Å². The summed E-state index contributed by atoms with van der Waals surface area (Å²) in [6, 6.07) is 13.3. The normalized spacial score (nSPS) is 21.2. The molecular formula is C24H29N3O4. The van der Waals surface area contributed by atoms with Crippen LogP contribution in [0.4, 0.5) is 0 Å². The second-order valence-electron chi connectivity index (χ2n) is 8.00. The SMILES string of the molecule is O=C([C@@H]1C[C@H](Oc2cccnc2)CN1C(=O)CCCc1ccccc1)N1CCOCC1. The lowest BCUT2D eigenvalue weighted by molar-refractivity contribution is -0.146. The number of ether oxygens (including phenoxy) is 2. The summed E-state index contributed by atoms with van der Waals surface area (Å²) in [6.07, 6.45) is 5.64. The standard InChI is InChI=1S/C24H29N3O4/c28-23(10-4-8-19-6-2-1-3-7-19)27-18-21(31-20-9-5-11-25-17-20)16-22(27)24(29)26-12-14-30-15-13-26/h1-3,5-7,9,11,17,21-22H,4,8,10,12-16,18H2/t21-,22-/m0/s1. The molecule has 31 heavy (non-hydrogen) atoms. The Morgan fingerprint density at radius 3 is 2.65 bits per heavy atom. The summed E-state index contributed by atoms with van der Waals surface area (Å²) in [5.74, 6) is 0.667. The van der Waals surface area contributed by atoms with Crippen LogP contribution in [-0.4, -0.2) is 71.6 Å². The summed E-state index contributed by atoms with van der Waals surface area (Å²) in [7, 11) is 0. The van der Waals surface area contributed by atoms with Crippen molar-refractivity contribution in [2.45, 2.75) is 37.8 Å². The molecule has 0 aliphatic carbocycles. The summed E-state index contributed by atoms with van der Waals surface area (Å²) in [5.41, 5.74) is 1.22. The first-order chi connectivity index (χ1) is 15.2. The predicted octanol–water partition coefficient (Wildman–Crippen LogP) is 2.31. The first kappa shape index (κ1) is 21.3. The number of aryl methyl sites for hydroxylation is 1. The molecule has 1 aromatic carbocycles. The minimum Gasteiger partial charge on any atom is -0.487 e. The van der Waals surface area contributed by atoms with Gasteiger partial charge in [0, 0.05) is 32.1 Å². The fraction of sp³-hybridized carbons (Fsp3) is 0.458. The lowest BCUT2D eigenvalue weighted by atomic mass is 10.1. The lowest BCUT2D eigenvalue weighted by Crippen LogP contribution is -2.51. The molecule has 2 amide bonds. The summed E-state index contributed by atoms with van der Waals surface area (Å²) < 4.78 is 11.4. The molecule has 1 aromatic heterocycles. The number of carbonyl (C=O) groups excluding carboxylic acids is 2. The molecule has 3 heterocycles. The topological polar surface area (TPSA) is 72.0 Å². The van der Waals surface area contributed by atoms with E-state index in [1.807, 2.05) is 35.2 Å². The van der Waals surface area contributed by atoms with Crippen LogP contribution in [0.3, 0.4) is 0 Å². The van der Waals surface area contributed by atoms with Gasteiger partial charge in [-0.15, -0.1) is 0 Å². The average molecular weight is 424 g/mol. The van der Waals surface area contributed by atoms with Crippen LogP contribution in [0.2, 0.25) is 0 Å². The average Bonchev–Trinajstić information content (AvgIpc) is 3.24. The van der Waals surface area contributed by atoms with E-state index in [1.165, 1.54) is 5.56 Å². The predicted molar refractivity (Wildman–Crippen MR) is 116 cm³/mol. The third kappa shape index (κ3) is 5.61. The smallest absolute Gasteiger partial charge is 0.245 e. The number of pyridine rings is 1. The number of hydrogen-bond donors (Lipinski definition) is 0. The number of carbonyl (C=O) groups is 2. The second-order valence-corrected chi connectivity index (χ2v) is 8.00. The van der Waals surface area contributed by atoms with Crippen molar-refractivity contribution in [2.75, 3.05) is 32.8 Å². The zero-order valence-electron chi connectivity index (χ0n) is 17.7. The second kappa shape index (κ2) is 10.4. The highest BCUT2D eigenvalue weighted by Gasteiger charge is 2.42. The molecule has 2 aliphatic heterocycles. The van der Waals surface area contributed by atoms with Gasteiger partial charge in [-0.25, -0.2) is 0 Å². The van der Waals surface area contributed by atoms with Crippen molar-refractivity contribution in [3.05, 3.63) is 60.4 Å². The molecule has 7 heteroatoms. The van der Waals surface area contributed by atoms with E-state index < -0.39 is 6.04 Å². The Labute approximate surface area is 183 Å². The maximum atomic E-state index is 13.2. The zero-order valence-corrected chi connectivity index (χ0v) is 17.7. The van der Waals surface area contributed by atoms with Crippen molar-refractivity contribution < 1.29 is 19.1 Å². The van der Waals surface area contributed by atoms with Gasteiger partial charge in [-0.05, 0) is 30.5 Å². The van der Waals surface area contributed by atoms with Crippen LogP contribution in [-0.2, 0) is 20.7 Å². The fourth-order valence-corrected chi connectivity index (χ4v) is 4.23. The molecule has 7 nitrogen and oxygen atoms in total. The van der Waals surface area contributed by atoms with Crippen LogP contribution in [0.1, 0.15) is 24.8 Å². The van der Waals surface area contributed by atoms with Crippen molar-refractivity contribution in [2.24, 2.45) is 0 Å². The zero-order chi connectivity index (χ0) is 21.5. The Bertz CT molecular complexity index is 856. The maximum Gasteiger partial charge on any atom is 0.245 e. The molecule has 2 aromatic rings. The summed E-state index contributed by atoms with van der Waals surface area (Å²) >= 11 is 0. The van der Waals surface area contributed by atoms with Crippen LogP contribution in [0.15, 0.2) is 54.9 Å². The Kier molecular flexibility index (Phi) is 7.14. The molecular weight excluding hydrogens is 394 g/mol. The quantitative estimate of drug-likeness (QED) is 0.684. The summed E-state index contributed by atoms with van der Waals surface area (Å²) in [6.45, 7) is 2.64. The minimum absolute atomic E-state index is 0.00278. The number of morpholine rings is 1. The number of amides is 2. The third-order valence-corrected chi connectivity index (χ3v) is 5.83. The lowest BCUT2D eigenvalue weighted by Gasteiger charge is -2.32. The monoisotopic (exact) mass is 423 g/mol. The summed E-state index contributed by atoms with van der Waals surface area (Å²) in [4.78, 5) is 33.9. The molecule has 0 unspecified atom stereocenters. The Hall–Kier alpha value is -2.93. The molecule has 2 aliphatic rings. The van der Waals surface area contributed by atoms with E-state index in [0.717, 1.165) is 12.8 Å². The highest BCUT2D eigenvalue weighted by Crippen LogP contribution is 2.26. The van der Waals surface area contributed by atoms with E-state index in [2.05, 4.69) is 17.1 Å². The van der Waals surface area contributed by atoms with Gasteiger partial charge in [-0.3, -0.25) is 14.6 Å². The molecule has 0 radical (unpaired) electrons. The molecule has 0 saturated carbocycles. The first-order valence-electron chi connectivity index (χ1n) is 11.0. The maximum absolute atomic E-state index is 13.2. The number of benzene rings is 1. The molecule has 164 valence electrons. The minimum atomic E-state index is -0.482. The Morgan fingerprint density at radius 1 is 1.10 bits per heavy atom. The van der Waals surface area contributed by atoms with Gasteiger partial charge >= 0.3 is 0 Å². The fourth-order valence-electron chi connectivity index (χ4n) is 4.23. The molecule has 0 N–H and O–H groups in total. The van der Waals surface area contributed by atoms with Gasteiger partial charge in [0.2, 0.25) is 11.8 Å². The third-order valence-electron chi connectivity index (χ3n) is 5.83. The van der Waals surface area contributed by atoms with Crippen molar-refractivity contribution in [1.82, 2.24) is 14.8 Å². The van der Waals surface area contributed by atoms with Gasteiger partial charge in [-0.1, -0.05) is 30.3 Å². The van der Waals surface area contributed by atoms with E-state index >= 15 is 0 Å². The molecule has 2 saturated heterocycles. The Morgan fingerprint density at radius 2 is 1.90 bits per heavy atom. The first-order valence-corrected chi connectivity index (χ1v) is 11.0. The summed E-state index contributed by atoms with van der Waals surface area (Å²) in [5, 5.41) is 0. The van der Waals surface area contributed by atoms with E-state index in [1.54, 1.807) is 17.3 Å². The van der Waals surface area contributed by atoms with E-state index in [4.69, 9.17) is 9.47 Å². The molecule has 0 bridgehead atoms. The number of aromatic nitrogens is 1. The molecule has 2 fully saturated rings. The van der Waals surface area contributed by atoms with Crippen LogP contribution in [0, 0.1) is 0 Å². The van der Waals surface area contributed by atoms with E-state index in [9.17, 15) is 9.59 Å². The Balaban J connectivity index is 1.40. The largest absolute Gasteiger partial charge is 0.487 e. The number of hydrogen-bond acceptors (Lipinski definition) is 5.